The van der Waals surface area contributed by atoms with Crippen LogP contribution in [0.3, 0.4) is 0 Å². The van der Waals surface area contributed by atoms with Gasteiger partial charge in [-0.15, -0.1) is 13.2 Å². The number of nitrogens with zero attached hydrogens (tertiary/aromatic N) is 3. The third-order valence-electron chi connectivity index (χ3n) is 4.49. The Bertz CT molecular complexity index is 818. The molecule has 2 aromatic rings. The highest BCUT2D eigenvalue weighted by molar-refractivity contribution is 5.72. The summed E-state index contributed by atoms with van der Waals surface area (Å²) in [5.41, 5.74) is 2.68. The first-order valence-corrected chi connectivity index (χ1v) is 9.25. The highest BCUT2D eigenvalue weighted by Crippen LogP contribution is 2.33. The van der Waals surface area contributed by atoms with Crippen molar-refractivity contribution in [1.82, 2.24) is 9.97 Å². The molecule has 0 radical (unpaired) electrons. The van der Waals surface area contributed by atoms with Gasteiger partial charge in [-0.05, 0) is 50.5 Å². The summed E-state index contributed by atoms with van der Waals surface area (Å²) in [5.74, 6) is 1.14. The molecule has 2 rings (SSSR count). The topological polar surface area (TPSA) is 50.3 Å². The van der Waals surface area contributed by atoms with Crippen LogP contribution >= 0.6 is 0 Å². The zero-order chi connectivity index (χ0) is 21.1. The monoisotopic (exact) mass is 396 g/mol. The second kappa shape index (κ2) is 8.67. The molecule has 0 atom stereocenters. The van der Waals surface area contributed by atoms with Gasteiger partial charge in [0.05, 0.1) is 11.4 Å². The predicted octanol–water partition coefficient (Wildman–Crippen LogP) is 5.33. The smallest absolute Gasteiger partial charge is 0.406 e. The second-order valence-electron chi connectivity index (χ2n) is 6.91. The first-order valence-electron chi connectivity index (χ1n) is 9.25. The molecule has 1 aromatic carbocycles. The van der Waals surface area contributed by atoms with Crippen LogP contribution < -0.4 is 15.0 Å². The molecule has 5 nitrogen and oxygen atoms in total. The van der Waals surface area contributed by atoms with Crippen LogP contribution in [0.4, 0.5) is 24.8 Å². The summed E-state index contributed by atoms with van der Waals surface area (Å²) in [4.78, 5) is 11.3. The van der Waals surface area contributed by atoms with Crippen LogP contribution in [0, 0.1) is 13.8 Å². The molecule has 28 heavy (non-hydrogen) atoms. The molecular formula is C20H27F3N4O. The van der Waals surface area contributed by atoms with Gasteiger partial charge >= 0.3 is 6.36 Å². The molecule has 8 heteroatoms. The molecule has 0 spiro atoms. The molecule has 1 heterocycles. The van der Waals surface area contributed by atoms with E-state index >= 15 is 0 Å². The van der Waals surface area contributed by atoms with E-state index in [1.807, 2.05) is 25.9 Å². The largest absolute Gasteiger partial charge is 0.573 e. The number of aromatic nitrogens is 2. The van der Waals surface area contributed by atoms with Crippen molar-refractivity contribution in [1.29, 1.82) is 0 Å². The number of ether oxygens (including phenoxy) is 1. The summed E-state index contributed by atoms with van der Waals surface area (Å²) in [6.45, 7) is 7.79. The van der Waals surface area contributed by atoms with Gasteiger partial charge in [0, 0.05) is 25.7 Å². The molecule has 0 saturated carbocycles. The lowest BCUT2D eigenvalue weighted by Gasteiger charge is -2.23. The summed E-state index contributed by atoms with van der Waals surface area (Å²) in [5, 5.41) is 3.44. The summed E-state index contributed by atoms with van der Waals surface area (Å²) >= 11 is 0. The molecule has 0 aliphatic heterocycles. The average molecular weight is 396 g/mol. The second-order valence-corrected chi connectivity index (χ2v) is 6.91. The fourth-order valence-corrected chi connectivity index (χ4v) is 2.96. The number of anilines is 2. The quantitative estimate of drug-likeness (QED) is 0.686. The molecule has 154 valence electrons. The van der Waals surface area contributed by atoms with Gasteiger partial charge in [-0.25, -0.2) is 9.97 Å². The Labute approximate surface area is 163 Å². The minimum atomic E-state index is -4.72. The van der Waals surface area contributed by atoms with Crippen molar-refractivity contribution in [3.05, 3.63) is 29.5 Å². The van der Waals surface area contributed by atoms with Crippen LogP contribution in [0.15, 0.2) is 18.2 Å². The van der Waals surface area contributed by atoms with Crippen molar-refractivity contribution in [2.45, 2.75) is 52.9 Å². The van der Waals surface area contributed by atoms with Gasteiger partial charge in [-0.2, -0.15) is 0 Å². The normalized spacial score (nSPS) is 11.6. The van der Waals surface area contributed by atoms with E-state index in [4.69, 9.17) is 9.97 Å². The first-order chi connectivity index (χ1) is 13.1. The van der Waals surface area contributed by atoms with Gasteiger partial charge in [0.25, 0.3) is 0 Å². The van der Waals surface area contributed by atoms with Crippen LogP contribution in [0.2, 0.25) is 0 Å². The Balaban J connectivity index is 2.47. The number of halogens is 3. The maximum Gasteiger partial charge on any atom is 0.573 e. The van der Waals surface area contributed by atoms with E-state index in [9.17, 15) is 13.2 Å². The van der Waals surface area contributed by atoms with E-state index in [-0.39, 0.29) is 5.75 Å². The van der Waals surface area contributed by atoms with Gasteiger partial charge in [-0.1, -0.05) is 13.8 Å². The third-order valence-corrected chi connectivity index (χ3v) is 4.49. The zero-order valence-electron chi connectivity index (χ0n) is 17.1. The van der Waals surface area contributed by atoms with Crippen molar-refractivity contribution in [2.75, 3.05) is 24.3 Å². The highest BCUT2D eigenvalue weighted by atomic mass is 19.4. The standard InChI is InChI=1S/C20H27F3N4O/c1-7-14(8-2)25-18-19(27(5)6)26-17(13(4)24-18)16-10-9-15(11-12(16)3)28-20(21,22)23/h9-11,14H,7-8H2,1-6H3,(H,24,25). The van der Waals surface area contributed by atoms with Crippen molar-refractivity contribution in [3.8, 4) is 17.0 Å². The van der Waals surface area contributed by atoms with Crippen LogP contribution in [-0.2, 0) is 0 Å². The van der Waals surface area contributed by atoms with Crippen LogP contribution in [0.25, 0.3) is 11.3 Å². The van der Waals surface area contributed by atoms with Gasteiger partial charge in [-0.3, -0.25) is 0 Å². The number of nitrogens with one attached hydrogen (secondary N) is 1. The van der Waals surface area contributed by atoms with Gasteiger partial charge in [0.1, 0.15) is 5.75 Å². The van der Waals surface area contributed by atoms with E-state index in [0.717, 1.165) is 18.4 Å². The number of aryl methyl sites for hydroxylation is 2. The molecule has 0 amide bonds. The molecule has 0 saturated heterocycles. The molecule has 0 bridgehead atoms. The van der Waals surface area contributed by atoms with E-state index in [1.54, 1.807) is 13.0 Å². The summed E-state index contributed by atoms with van der Waals surface area (Å²) < 4.78 is 41.4. The zero-order valence-corrected chi connectivity index (χ0v) is 17.1. The number of hydrogen-bond donors (Lipinski definition) is 1. The van der Waals surface area contributed by atoms with E-state index in [0.29, 0.717) is 34.6 Å². The fraction of sp³-hybridized carbons (Fsp3) is 0.500. The fourth-order valence-electron chi connectivity index (χ4n) is 2.96. The maximum atomic E-state index is 12.5. The van der Waals surface area contributed by atoms with Gasteiger partial charge < -0.3 is 15.0 Å². The van der Waals surface area contributed by atoms with Crippen LogP contribution in [0.5, 0.6) is 5.75 Å². The molecular weight excluding hydrogens is 369 g/mol. The number of hydrogen-bond acceptors (Lipinski definition) is 5. The SMILES string of the molecule is CCC(CC)Nc1nc(C)c(-c2ccc(OC(F)(F)F)cc2C)nc1N(C)C. The van der Waals surface area contributed by atoms with Crippen molar-refractivity contribution < 1.29 is 17.9 Å². The Morgan fingerprint density at radius 1 is 1.11 bits per heavy atom. The van der Waals surface area contributed by atoms with E-state index in [2.05, 4.69) is 23.9 Å². The van der Waals surface area contributed by atoms with Gasteiger partial charge in [0.15, 0.2) is 11.6 Å². The number of rotatable bonds is 7. The Kier molecular flexibility index (Phi) is 6.74. The predicted molar refractivity (Wildman–Crippen MR) is 106 cm³/mol. The molecule has 1 aromatic heterocycles. The Morgan fingerprint density at radius 2 is 1.75 bits per heavy atom. The first kappa shape index (κ1) is 21.8. The molecule has 0 fully saturated rings. The summed E-state index contributed by atoms with van der Waals surface area (Å²) in [6.07, 6.45) is -2.79. The van der Waals surface area contributed by atoms with Crippen LogP contribution in [0.1, 0.15) is 37.9 Å². The molecule has 0 unspecified atom stereocenters. The van der Waals surface area contributed by atoms with E-state index in [1.165, 1.54) is 12.1 Å². The molecule has 1 N–H and O–H groups in total. The number of alkyl halides is 3. The lowest BCUT2D eigenvalue weighted by molar-refractivity contribution is -0.274. The summed E-state index contributed by atoms with van der Waals surface area (Å²) in [6, 6.07) is 4.53. The van der Waals surface area contributed by atoms with Crippen molar-refractivity contribution >= 4 is 11.6 Å². The third kappa shape index (κ3) is 5.27. The Hall–Kier alpha value is -2.51. The molecule has 0 aliphatic rings. The maximum absolute atomic E-state index is 12.5. The lowest BCUT2D eigenvalue weighted by Crippen LogP contribution is -2.22. The average Bonchev–Trinajstić information content (AvgIpc) is 2.58. The minimum Gasteiger partial charge on any atom is -0.406 e. The molecule has 0 aliphatic carbocycles. The van der Waals surface area contributed by atoms with Crippen molar-refractivity contribution in [3.63, 3.8) is 0 Å². The number of benzene rings is 1. The Morgan fingerprint density at radius 3 is 2.25 bits per heavy atom. The minimum absolute atomic E-state index is 0.251. The summed E-state index contributed by atoms with van der Waals surface area (Å²) in [7, 11) is 3.77. The van der Waals surface area contributed by atoms with E-state index < -0.39 is 6.36 Å². The lowest BCUT2D eigenvalue weighted by atomic mass is 10.0. The highest BCUT2D eigenvalue weighted by Gasteiger charge is 2.31. The van der Waals surface area contributed by atoms with Crippen molar-refractivity contribution in [2.24, 2.45) is 0 Å². The van der Waals surface area contributed by atoms with Crippen LogP contribution in [-0.4, -0.2) is 36.5 Å². The van der Waals surface area contributed by atoms with Gasteiger partial charge in [0.2, 0.25) is 0 Å².